The molecule has 0 aliphatic heterocycles. The van der Waals surface area contributed by atoms with Crippen molar-refractivity contribution in [1.29, 1.82) is 0 Å². The van der Waals surface area contributed by atoms with Crippen LogP contribution in [0, 0.1) is 0 Å². The number of alkyl carbamates (subject to hydrolysis) is 1. The molecule has 20 heavy (non-hydrogen) atoms. The molecule has 0 unspecified atom stereocenters. The highest BCUT2D eigenvalue weighted by atomic mass is 16.6. The number of nitrogens with two attached hydrogens (primary N) is 1. The van der Waals surface area contributed by atoms with Gasteiger partial charge in [-0.05, 0) is 44.9 Å². The number of amides is 1. The Bertz CT molecular complexity index is 462. The lowest BCUT2D eigenvalue weighted by molar-refractivity contribution is 0.0534. The van der Waals surface area contributed by atoms with E-state index >= 15 is 0 Å². The second-order valence-electron chi connectivity index (χ2n) is 5.57. The molecule has 0 radical (unpaired) electrons. The van der Waals surface area contributed by atoms with Gasteiger partial charge in [0.2, 0.25) is 0 Å². The maximum Gasteiger partial charge on any atom is 0.407 e. The Morgan fingerprint density at radius 1 is 1.40 bits per heavy atom. The Hall–Kier alpha value is -1.81. The number of benzene rings is 1. The van der Waals surface area contributed by atoms with Crippen molar-refractivity contribution in [3.05, 3.63) is 41.5 Å². The summed E-state index contributed by atoms with van der Waals surface area (Å²) in [7, 11) is 0. The third-order valence-electron chi connectivity index (χ3n) is 2.46. The minimum absolute atomic E-state index is 0.404. The van der Waals surface area contributed by atoms with E-state index in [1.807, 2.05) is 45.1 Å². The van der Waals surface area contributed by atoms with Gasteiger partial charge in [0.25, 0.3) is 0 Å². The first-order valence-corrected chi connectivity index (χ1v) is 6.83. The Kier molecular flexibility index (Phi) is 6.25. The summed E-state index contributed by atoms with van der Waals surface area (Å²) in [5.74, 6) is 0. The largest absolute Gasteiger partial charge is 0.444 e. The van der Waals surface area contributed by atoms with Gasteiger partial charge in [-0.2, -0.15) is 0 Å². The zero-order valence-electron chi connectivity index (χ0n) is 12.5. The fourth-order valence-corrected chi connectivity index (χ4v) is 1.67. The van der Waals surface area contributed by atoms with Crippen LogP contribution in [0.3, 0.4) is 0 Å². The van der Waals surface area contributed by atoms with Crippen LogP contribution >= 0.6 is 0 Å². The minimum atomic E-state index is -0.468. The van der Waals surface area contributed by atoms with E-state index in [1.165, 1.54) is 5.56 Å². The quantitative estimate of drug-likeness (QED) is 0.869. The monoisotopic (exact) mass is 276 g/mol. The van der Waals surface area contributed by atoms with Crippen LogP contribution in [0.25, 0.3) is 6.08 Å². The zero-order valence-corrected chi connectivity index (χ0v) is 12.5. The van der Waals surface area contributed by atoms with Gasteiger partial charge in [0.05, 0.1) is 0 Å². The molecule has 0 aliphatic rings. The van der Waals surface area contributed by atoms with Crippen molar-refractivity contribution in [3.8, 4) is 0 Å². The van der Waals surface area contributed by atoms with Gasteiger partial charge in [0.15, 0.2) is 0 Å². The number of rotatable bonds is 5. The van der Waals surface area contributed by atoms with Crippen molar-refractivity contribution in [3.63, 3.8) is 0 Å². The molecule has 1 aromatic rings. The topological polar surface area (TPSA) is 64.3 Å². The van der Waals surface area contributed by atoms with Crippen LogP contribution in [0.1, 0.15) is 31.9 Å². The van der Waals surface area contributed by atoms with Crippen molar-refractivity contribution in [2.45, 2.75) is 32.8 Å². The van der Waals surface area contributed by atoms with Crippen molar-refractivity contribution in [2.24, 2.45) is 5.73 Å². The van der Waals surface area contributed by atoms with Gasteiger partial charge in [-0.3, -0.25) is 0 Å². The second-order valence-corrected chi connectivity index (χ2v) is 5.57. The molecule has 4 nitrogen and oxygen atoms in total. The SMILES string of the molecule is CC(C)(C)OC(=O)NCC=Cc1cccc(CCN)c1. The molecule has 0 aromatic heterocycles. The Morgan fingerprint density at radius 3 is 2.80 bits per heavy atom. The van der Waals surface area contributed by atoms with Gasteiger partial charge >= 0.3 is 6.09 Å². The fourth-order valence-electron chi connectivity index (χ4n) is 1.67. The third kappa shape index (κ3) is 6.95. The number of carbonyl (C=O) groups excluding carboxylic acids is 1. The molecule has 0 spiro atoms. The molecule has 0 saturated heterocycles. The maximum atomic E-state index is 11.4. The predicted octanol–water partition coefficient (Wildman–Crippen LogP) is 2.73. The van der Waals surface area contributed by atoms with Gasteiger partial charge in [-0.15, -0.1) is 0 Å². The van der Waals surface area contributed by atoms with E-state index in [1.54, 1.807) is 0 Å². The van der Waals surface area contributed by atoms with Crippen molar-refractivity contribution < 1.29 is 9.53 Å². The zero-order chi connectivity index (χ0) is 15.0. The molecule has 0 atom stereocenters. The summed E-state index contributed by atoms with van der Waals surface area (Å²) in [5, 5.41) is 2.68. The highest BCUT2D eigenvalue weighted by molar-refractivity contribution is 5.68. The number of carbonyl (C=O) groups is 1. The lowest BCUT2D eigenvalue weighted by Gasteiger charge is -2.19. The summed E-state index contributed by atoms with van der Waals surface area (Å²) in [6.45, 7) is 6.60. The van der Waals surface area contributed by atoms with Gasteiger partial charge in [0.1, 0.15) is 5.60 Å². The third-order valence-corrected chi connectivity index (χ3v) is 2.46. The molecule has 3 N–H and O–H groups in total. The van der Waals surface area contributed by atoms with E-state index in [0.29, 0.717) is 13.1 Å². The van der Waals surface area contributed by atoms with E-state index in [2.05, 4.69) is 17.4 Å². The molecule has 0 bridgehead atoms. The summed E-state index contributed by atoms with van der Waals surface area (Å²) >= 11 is 0. The first kappa shape index (κ1) is 16.2. The Labute approximate surface area is 121 Å². The van der Waals surface area contributed by atoms with E-state index < -0.39 is 11.7 Å². The molecule has 4 heteroatoms. The highest BCUT2D eigenvalue weighted by Gasteiger charge is 2.14. The average Bonchev–Trinajstić information content (AvgIpc) is 2.33. The van der Waals surface area contributed by atoms with Crippen LogP contribution in [0.4, 0.5) is 4.79 Å². The summed E-state index contributed by atoms with van der Waals surface area (Å²) in [6.07, 6.45) is 4.33. The predicted molar refractivity (Wildman–Crippen MR) is 82.5 cm³/mol. The number of hydrogen-bond donors (Lipinski definition) is 2. The molecule has 0 fully saturated rings. The normalized spacial score (nSPS) is 11.6. The summed E-state index contributed by atoms with van der Waals surface area (Å²) < 4.78 is 5.14. The standard InChI is InChI=1S/C16H24N2O2/c1-16(2,3)20-15(19)18-11-5-8-13-6-4-7-14(12-13)9-10-17/h4-8,12H,9-11,17H2,1-3H3,(H,18,19). The van der Waals surface area contributed by atoms with Crippen molar-refractivity contribution >= 4 is 12.2 Å². The molecule has 0 saturated carbocycles. The van der Waals surface area contributed by atoms with Gasteiger partial charge in [-0.25, -0.2) is 4.79 Å². The van der Waals surface area contributed by atoms with Crippen LogP contribution in [0.2, 0.25) is 0 Å². The molecule has 1 amide bonds. The van der Waals surface area contributed by atoms with Crippen molar-refractivity contribution in [1.82, 2.24) is 5.32 Å². The van der Waals surface area contributed by atoms with Crippen LogP contribution in [-0.4, -0.2) is 24.8 Å². The second kappa shape index (κ2) is 7.70. The molecule has 0 heterocycles. The molecular formula is C16H24N2O2. The average molecular weight is 276 g/mol. The van der Waals surface area contributed by atoms with Crippen LogP contribution in [-0.2, 0) is 11.2 Å². The first-order valence-electron chi connectivity index (χ1n) is 6.83. The van der Waals surface area contributed by atoms with Crippen LogP contribution < -0.4 is 11.1 Å². The van der Waals surface area contributed by atoms with Gasteiger partial charge in [-0.1, -0.05) is 36.4 Å². The highest BCUT2D eigenvalue weighted by Crippen LogP contribution is 2.08. The molecule has 0 aliphatic carbocycles. The van der Waals surface area contributed by atoms with Gasteiger partial charge in [0, 0.05) is 6.54 Å². The molecule has 1 rings (SSSR count). The minimum Gasteiger partial charge on any atom is -0.444 e. The van der Waals surface area contributed by atoms with E-state index in [4.69, 9.17) is 10.5 Å². The van der Waals surface area contributed by atoms with E-state index in [-0.39, 0.29) is 0 Å². The number of ether oxygens (including phenoxy) is 1. The van der Waals surface area contributed by atoms with E-state index in [0.717, 1.165) is 12.0 Å². The maximum absolute atomic E-state index is 11.4. The summed E-state index contributed by atoms with van der Waals surface area (Å²) in [4.78, 5) is 11.4. The summed E-state index contributed by atoms with van der Waals surface area (Å²) in [5.41, 5.74) is 7.39. The molecule has 1 aromatic carbocycles. The van der Waals surface area contributed by atoms with Gasteiger partial charge < -0.3 is 15.8 Å². The Balaban J connectivity index is 2.41. The summed E-state index contributed by atoms with van der Waals surface area (Å²) in [6, 6.07) is 8.18. The fraction of sp³-hybridized carbons (Fsp3) is 0.438. The van der Waals surface area contributed by atoms with Crippen LogP contribution in [0.5, 0.6) is 0 Å². The number of nitrogens with one attached hydrogen (secondary N) is 1. The lowest BCUT2D eigenvalue weighted by Crippen LogP contribution is -2.32. The first-order chi connectivity index (χ1) is 9.40. The number of hydrogen-bond acceptors (Lipinski definition) is 3. The van der Waals surface area contributed by atoms with Crippen molar-refractivity contribution in [2.75, 3.05) is 13.1 Å². The van der Waals surface area contributed by atoms with E-state index in [9.17, 15) is 4.79 Å². The molecular weight excluding hydrogens is 252 g/mol. The molecule has 110 valence electrons. The smallest absolute Gasteiger partial charge is 0.407 e. The lowest BCUT2D eigenvalue weighted by atomic mass is 10.1. The van der Waals surface area contributed by atoms with Crippen LogP contribution in [0.15, 0.2) is 30.3 Å². The Morgan fingerprint density at radius 2 is 2.15 bits per heavy atom.